The van der Waals surface area contributed by atoms with E-state index in [4.69, 9.17) is 9.47 Å². The van der Waals surface area contributed by atoms with E-state index in [0.29, 0.717) is 13.2 Å². The molecule has 0 aromatic heterocycles. The summed E-state index contributed by atoms with van der Waals surface area (Å²) in [6, 6.07) is 0. The Balaban J connectivity index is 1.97. The second-order valence-corrected chi connectivity index (χ2v) is 4.90. The van der Waals surface area contributed by atoms with Crippen molar-refractivity contribution in [2.75, 3.05) is 19.8 Å². The Morgan fingerprint density at radius 1 is 1.27 bits per heavy atom. The SMILES string of the molecule is CCCCOCCOC1CC(O)C1(C)C. The van der Waals surface area contributed by atoms with Gasteiger partial charge in [-0.25, -0.2) is 0 Å². The van der Waals surface area contributed by atoms with Gasteiger partial charge in [-0.1, -0.05) is 27.2 Å². The maximum atomic E-state index is 9.51. The van der Waals surface area contributed by atoms with Crippen molar-refractivity contribution in [3.63, 3.8) is 0 Å². The Bertz CT molecular complexity index is 180. The molecular formula is C12H24O3. The number of hydrogen-bond acceptors (Lipinski definition) is 3. The number of ether oxygens (including phenoxy) is 2. The fourth-order valence-corrected chi connectivity index (χ4v) is 1.74. The average molecular weight is 216 g/mol. The summed E-state index contributed by atoms with van der Waals surface area (Å²) < 4.78 is 11.1. The molecule has 1 aliphatic rings. The highest BCUT2D eigenvalue weighted by atomic mass is 16.5. The number of aliphatic hydroxyl groups excluding tert-OH is 1. The summed E-state index contributed by atoms with van der Waals surface area (Å²) in [6.07, 6.45) is 3.05. The molecular weight excluding hydrogens is 192 g/mol. The fourth-order valence-electron chi connectivity index (χ4n) is 1.74. The van der Waals surface area contributed by atoms with Crippen molar-refractivity contribution in [1.82, 2.24) is 0 Å². The lowest BCUT2D eigenvalue weighted by Crippen LogP contribution is -2.54. The molecule has 1 fully saturated rings. The molecule has 90 valence electrons. The van der Waals surface area contributed by atoms with Crippen LogP contribution in [-0.2, 0) is 9.47 Å². The summed E-state index contributed by atoms with van der Waals surface area (Å²) in [5, 5.41) is 9.51. The third-order valence-electron chi connectivity index (χ3n) is 3.31. The van der Waals surface area contributed by atoms with Gasteiger partial charge in [-0.15, -0.1) is 0 Å². The maximum absolute atomic E-state index is 9.51. The van der Waals surface area contributed by atoms with E-state index in [1.807, 2.05) is 13.8 Å². The molecule has 1 aliphatic carbocycles. The molecule has 1 N–H and O–H groups in total. The van der Waals surface area contributed by atoms with Gasteiger partial charge in [0.25, 0.3) is 0 Å². The van der Waals surface area contributed by atoms with Gasteiger partial charge in [0.15, 0.2) is 0 Å². The number of unbranched alkanes of at least 4 members (excludes halogenated alkanes) is 1. The highest BCUT2D eigenvalue weighted by molar-refractivity contribution is 4.98. The Labute approximate surface area is 92.8 Å². The average Bonchev–Trinajstić information content (AvgIpc) is 2.21. The smallest absolute Gasteiger partial charge is 0.0704 e. The zero-order valence-electron chi connectivity index (χ0n) is 10.2. The van der Waals surface area contributed by atoms with Crippen LogP contribution >= 0.6 is 0 Å². The zero-order valence-corrected chi connectivity index (χ0v) is 10.2. The van der Waals surface area contributed by atoms with Crippen molar-refractivity contribution in [2.45, 2.75) is 52.2 Å². The van der Waals surface area contributed by atoms with E-state index in [-0.39, 0.29) is 17.6 Å². The quantitative estimate of drug-likeness (QED) is 0.661. The van der Waals surface area contributed by atoms with Gasteiger partial charge in [0, 0.05) is 18.4 Å². The molecule has 0 aromatic rings. The molecule has 15 heavy (non-hydrogen) atoms. The van der Waals surface area contributed by atoms with Crippen molar-refractivity contribution in [1.29, 1.82) is 0 Å². The molecule has 0 saturated heterocycles. The molecule has 0 aliphatic heterocycles. The van der Waals surface area contributed by atoms with E-state index in [9.17, 15) is 5.11 Å². The minimum atomic E-state index is -0.205. The summed E-state index contributed by atoms with van der Waals surface area (Å²) >= 11 is 0. The topological polar surface area (TPSA) is 38.7 Å². The summed E-state index contributed by atoms with van der Waals surface area (Å²) in [4.78, 5) is 0. The van der Waals surface area contributed by atoms with Crippen molar-refractivity contribution in [2.24, 2.45) is 5.41 Å². The van der Waals surface area contributed by atoms with Crippen LogP contribution < -0.4 is 0 Å². The summed E-state index contributed by atoms with van der Waals surface area (Å²) in [5.41, 5.74) is -0.0799. The molecule has 3 nitrogen and oxygen atoms in total. The molecule has 1 rings (SSSR count). The summed E-state index contributed by atoms with van der Waals surface area (Å²) in [5.74, 6) is 0. The number of aliphatic hydroxyl groups is 1. The van der Waals surface area contributed by atoms with Crippen LogP contribution in [0.15, 0.2) is 0 Å². The third kappa shape index (κ3) is 3.44. The Morgan fingerprint density at radius 3 is 2.53 bits per heavy atom. The monoisotopic (exact) mass is 216 g/mol. The molecule has 3 heteroatoms. The predicted molar refractivity (Wildman–Crippen MR) is 59.9 cm³/mol. The first-order valence-corrected chi connectivity index (χ1v) is 5.96. The molecule has 0 bridgehead atoms. The first-order valence-electron chi connectivity index (χ1n) is 5.96. The first kappa shape index (κ1) is 12.9. The van der Waals surface area contributed by atoms with Crippen molar-refractivity contribution < 1.29 is 14.6 Å². The van der Waals surface area contributed by atoms with E-state index in [0.717, 1.165) is 19.4 Å². The van der Waals surface area contributed by atoms with Gasteiger partial charge in [0.1, 0.15) is 0 Å². The van der Waals surface area contributed by atoms with Crippen molar-refractivity contribution >= 4 is 0 Å². The van der Waals surface area contributed by atoms with Gasteiger partial charge >= 0.3 is 0 Å². The van der Waals surface area contributed by atoms with E-state index in [1.54, 1.807) is 0 Å². The zero-order chi connectivity index (χ0) is 11.3. The lowest BCUT2D eigenvalue weighted by atomic mass is 9.66. The first-order chi connectivity index (χ1) is 7.09. The second kappa shape index (κ2) is 5.83. The van der Waals surface area contributed by atoms with Crippen LogP contribution in [0.1, 0.15) is 40.0 Å². The third-order valence-corrected chi connectivity index (χ3v) is 3.31. The lowest BCUT2D eigenvalue weighted by molar-refractivity contribution is -0.179. The summed E-state index contributed by atoms with van der Waals surface area (Å²) in [6.45, 7) is 8.38. The standard InChI is InChI=1S/C12H24O3/c1-4-5-6-14-7-8-15-11-9-10(13)12(11,2)3/h10-11,13H,4-9H2,1-3H3. The molecule has 1 saturated carbocycles. The van der Waals surface area contributed by atoms with Crippen molar-refractivity contribution in [3.05, 3.63) is 0 Å². The highest BCUT2D eigenvalue weighted by Gasteiger charge is 2.47. The van der Waals surface area contributed by atoms with Gasteiger partial charge in [0.05, 0.1) is 25.4 Å². The normalized spacial score (nSPS) is 28.8. The van der Waals surface area contributed by atoms with Crippen LogP contribution in [0.3, 0.4) is 0 Å². The predicted octanol–water partition coefficient (Wildman–Crippen LogP) is 1.98. The fraction of sp³-hybridized carbons (Fsp3) is 1.00. The summed E-state index contributed by atoms with van der Waals surface area (Å²) in [7, 11) is 0. The molecule has 0 spiro atoms. The van der Waals surface area contributed by atoms with Crippen LogP contribution in [0.4, 0.5) is 0 Å². The molecule has 0 radical (unpaired) electrons. The van der Waals surface area contributed by atoms with Crippen LogP contribution in [0.5, 0.6) is 0 Å². The Morgan fingerprint density at radius 2 is 2.00 bits per heavy atom. The highest BCUT2D eigenvalue weighted by Crippen LogP contribution is 2.42. The van der Waals surface area contributed by atoms with Crippen LogP contribution in [0, 0.1) is 5.41 Å². The van der Waals surface area contributed by atoms with Crippen molar-refractivity contribution in [3.8, 4) is 0 Å². The van der Waals surface area contributed by atoms with Gasteiger partial charge in [-0.3, -0.25) is 0 Å². The molecule has 0 aromatic carbocycles. The van der Waals surface area contributed by atoms with Gasteiger partial charge in [-0.2, -0.15) is 0 Å². The Hall–Kier alpha value is -0.120. The second-order valence-electron chi connectivity index (χ2n) is 4.90. The maximum Gasteiger partial charge on any atom is 0.0704 e. The lowest BCUT2D eigenvalue weighted by Gasteiger charge is -2.48. The molecule has 0 amide bonds. The molecule has 2 unspecified atom stereocenters. The van der Waals surface area contributed by atoms with Crippen LogP contribution in [0.2, 0.25) is 0 Å². The van der Waals surface area contributed by atoms with Gasteiger partial charge in [-0.05, 0) is 6.42 Å². The van der Waals surface area contributed by atoms with E-state index in [1.165, 1.54) is 6.42 Å². The van der Waals surface area contributed by atoms with Crippen LogP contribution in [-0.4, -0.2) is 37.1 Å². The minimum Gasteiger partial charge on any atom is -0.392 e. The Kier molecular flexibility index (Phi) is 5.03. The number of rotatable bonds is 7. The number of hydrogen-bond donors (Lipinski definition) is 1. The van der Waals surface area contributed by atoms with E-state index >= 15 is 0 Å². The van der Waals surface area contributed by atoms with Gasteiger partial charge < -0.3 is 14.6 Å². The van der Waals surface area contributed by atoms with Crippen LogP contribution in [0.25, 0.3) is 0 Å². The minimum absolute atomic E-state index is 0.0799. The van der Waals surface area contributed by atoms with E-state index in [2.05, 4.69) is 6.92 Å². The largest absolute Gasteiger partial charge is 0.392 e. The van der Waals surface area contributed by atoms with Gasteiger partial charge in [0.2, 0.25) is 0 Å². The van der Waals surface area contributed by atoms with E-state index < -0.39 is 0 Å². The molecule has 2 atom stereocenters. The molecule has 0 heterocycles.